The molecule has 0 saturated carbocycles. The number of nitrogens with zero attached hydrogens (tertiary/aromatic N) is 4. The summed E-state index contributed by atoms with van der Waals surface area (Å²) in [6, 6.07) is 28.1. The largest absolute Gasteiger partial charge is 0.416 e. The first-order valence-corrected chi connectivity index (χ1v) is 16.4. The molecule has 0 spiro atoms. The molecule has 47 heavy (non-hydrogen) atoms. The number of carbonyl (C=O) groups is 1. The van der Waals surface area contributed by atoms with E-state index >= 15 is 0 Å². The van der Waals surface area contributed by atoms with Gasteiger partial charge in [-0.3, -0.25) is 9.69 Å². The summed E-state index contributed by atoms with van der Waals surface area (Å²) < 4.78 is 38.8. The van der Waals surface area contributed by atoms with Crippen LogP contribution in [0.5, 0.6) is 0 Å². The maximum Gasteiger partial charge on any atom is 0.416 e. The number of nitrogens with one attached hydrogen (secondary N) is 2. The van der Waals surface area contributed by atoms with E-state index in [1.54, 1.807) is 17.0 Å². The lowest BCUT2D eigenvalue weighted by molar-refractivity contribution is -0.137. The molecule has 12 heteroatoms. The standard InChI is InChI=1S/C35H29F3N6OS2/c1-3-40-27-15-11-24(19-39)17-28(27)42-34-44(21-23-7-5-4-6-8-23)32(45)31(47-34)33-43(2)29-16-14-26(18-30(29)46-33)41-20-22-9-12-25(13-10-22)35(36,37)38/h4-18,40-41H,3,20-21H2,1-2H3. The fourth-order valence-corrected chi connectivity index (χ4v) is 7.51. The van der Waals surface area contributed by atoms with Crippen LogP contribution < -0.4 is 15.5 Å². The van der Waals surface area contributed by atoms with Crippen molar-refractivity contribution in [3.63, 3.8) is 0 Å². The topological polar surface area (TPSA) is 83.8 Å². The second-order valence-corrected chi connectivity index (χ2v) is 12.8. The van der Waals surface area contributed by atoms with Gasteiger partial charge in [-0.1, -0.05) is 54.2 Å². The van der Waals surface area contributed by atoms with Gasteiger partial charge in [0.05, 0.1) is 45.8 Å². The van der Waals surface area contributed by atoms with Crippen molar-refractivity contribution in [1.82, 2.24) is 4.90 Å². The number of anilines is 3. The predicted octanol–water partition coefficient (Wildman–Crippen LogP) is 8.80. The summed E-state index contributed by atoms with van der Waals surface area (Å²) in [5, 5.41) is 17.4. The Morgan fingerprint density at radius 2 is 1.68 bits per heavy atom. The Kier molecular flexibility index (Phi) is 9.20. The number of thioether (sulfide) groups is 2. The van der Waals surface area contributed by atoms with E-state index in [4.69, 9.17) is 4.99 Å². The fourth-order valence-electron chi connectivity index (χ4n) is 5.14. The molecule has 0 radical (unpaired) electrons. The Morgan fingerprint density at radius 3 is 2.38 bits per heavy atom. The number of nitriles is 1. The Balaban J connectivity index is 1.29. The van der Waals surface area contributed by atoms with E-state index in [-0.39, 0.29) is 5.91 Å². The monoisotopic (exact) mass is 670 g/mol. The van der Waals surface area contributed by atoms with Crippen molar-refractivity contribution >= 4 is 57.3 Å². The third-order valence-electron chi connectivity index (χ3n) is 7.56. The third kappa shape index (κ3) is 6.96. The molecule has 2 heterocycles. The van der Waals surface area contributed by atoms with Gasteiger partial charge >= 0.3 is 6.18 Å². The molecule has 4 aromatic carbocycles. The number of aliphatic imine (C=N–C) groups is 1. The van der Waals surface area contributed by atoms with Crippen LogP contribution in [0.15, 0.2) is 111 Å². The van der Waals surface area contributed by atoms with Gasteiger partial charge in [0, 0.05) is 30.7 Å². The summed E-state index contributed by atoms with van der Waals surface area (Å²) in [6.45, 7) is 3.33. The smallest absolute Gasteiger partial charge is 0.384 e. The number of hydrogen-bond acceptors (Lipinski definition) is 8. The summed E-state index contributed by atoms with van der Waals surface area (Å²) in [5.41, 5.74) is 4.55. The molecule has 0 aliphatic carbocycles. The minimum Gasteiger partial charge on any atom is -0.384 e. The van der Waals surface area contributed by atoms with Gasteiger partial charge in [0.25, 0.3) is 5.91 Å². The Bertz CT molecular complexity index is 1920. The van der Waals surface area contributed by atoms with E-state index in [2.05, 4.69) is 16.7 Å². The Hall–Kier alpha value is -4.86. The number of carbonyl (C=O) groups excluding carboxylic acids is 1. The van der Waals surface area contributed by atoms with Gasteiger partial charge in [0.1, 0.15) is 4.91 Å². The number of amides is 1. The highest BCUT2D eigenvalue weighted by molar-refractivity contribution is 8.19. The van der Waals surface area contributed by atoms with E-state index in [1.165, 1.54) is 35.7 Å². The normalized spacial score (nSPS) is 16.9. The van der Waals surface area contributed by atoms with Crippen LogP contribution in [0.3, 0.4) is 0 Å². The molecule has 1 saturated heterocycles. The average Bonchev–Trinajstić information content (AvgIpc) is 3.55. The SMILES string of the molecule is CCNc1ccc(C#N)cc1N=C1SC(=C2Sc3cc(NCc4ccc(C(F)(F)F)cc4)ccc3N2C)C(=O)N1Cc1ccccc1. The zero-order chi connectivity index (χ0) is 33.1. The second kappa shape index (κ2) is 13.5. The zero-order valence-electron chi connectivity index (χ0n) is 25.4. The molecule has 2 aliphatic rings. The summed E-state index contributed by atoms with van der Waals surface area (Å²) in [5.74, 6) is -0.165. The fraction of sp³-hybridized carbons (Fsp3) is 0.171. The number of halogens is 3. The van der Waals surface area contributed by atoms with E-state index in [0.717, 1.165) is 50.2 Å². The minimum atomic E-state index is -4.37. The van der Waals surface area contributed by atoms with Crippen molar-refractivity contribution in [2.24, 2.45) is 4.99 Å². The highest BCUT2D eigenvalue weighted by Crippen LogP contribution is 2.51. The van der Waals surface area contributed by atoms with E-state index in [9.17, 15) is 23.2 Å². The van der Waals surface area contributed by atoms with Crippen molar-refractivity contribution in [3.8, 4) is 6.07 Å². The molecule has 0 aromatic heterocycles. The number of amidine groups is 1. The van der Waals surface area contributed by atoms with E-state index in [0.29, 0.717) is 41.0 Å². The molecular formula is C35H29F3N6OS2. The first kappa shape index (κ1) is 32.1. The van der Waals surface area contributed by atoms with Crippen LogP contribution in [0.25, 0.3) is 0 Å². The number of benzene rings is 4. The number of rotatable bonds is 8. The molecule has 2 aliphatic heterocycles. The summed E-state index contributed by atoms with van der Waals surface area (Å²) >= 11 is 2.79. The van der Waals surface area contributed by atoms with Gasteiger partial charge in [-0.2, -0.15) is 18.4 Å². The first-order valence-electron chi connectivity index (χ1n) is 14.7. The maximum absolute atomic E-state index is 14.1. The van der Waals surface area contributed by atoms with Gasteiger partial charge in [-0.05, 0) is 78.3 Å². The number of alkyl halides is 3. The van der Waals surface area contributed by atoms with Gasteiger partial charge in [0.2, 0.25) is 0 Å². The maximum atomic E-state index is 14.1. The van der Waals surface area contributed by atoms with Gasteiger partial charge < -0.3 is 15.5 Å². The molecule has 6 rings (SSSR count). The zero-order valence-corrected chi connectivity index (χ0v) is 27.1. The highest BCUT2D eigenvalue weighted by atomic mass is 32.2. The second-order valence-electron chi connectivity index (χ2n) is 10.8. The molecule has 238 valence electrons. The van der Waals surface area contributed by atoms with Crippen LogP contribution in [0.4, 0.5) is 35.9 Å². The molecule has 4 aromatic rings. The summed E-state index contributed by atoms with van der Waals surface area (Å²) in [6.07, 6.45) is -4.37. The summed E-state index contributed by atoms with van der Waals surface area (Å²) in [7, 11) is 1.92. The lowest BCUT2D eigenvalue weighted by atomic mass is 10.1. The van der Waals surface area contributed by atoms with Crippen LogP contribution in [-0.2, 0) is 24.1 Å². The van der Waals surface area contributed by atoms with E-state index in [1.807, 2.05) is 73.5 Å². The minimum absolute atomic E-state index is 0.165. The number of fused-ring (bicyclic) bond motifs is 1. The number of hydrogen-bond donors (Lipinski definition) is 2. The molecular weight excluding hydrogens is 642 g/mol. The molecule has 7 nitrogen and oxygen atoms in total. The van der Waals surface area contributed by atoms with Gasteiger partial charge in [-0.15, -0.1) is 0 Å². The Morgan fingerprint density at radius 1 is 0.915 bits per heavy atom. The van der Waals surface area contributed by atoms with E-state index < -0.39 is 11.7 Å². The molecule has 0 atom stereocenters. The Labute approximate surface area is 279 Å². The van der Waals surface area contributed by atoms with Gasteiger partial charge in [0.15, 0.2) is 5.17 Å². The predicted molar refractivity (Wildman–Crippen MR) is 183 cm³/mol. The molecule has 0 unspecified atom stereocenters. The molecule has 1 fully saturated rings. The van der Waals surface area contributed by atoms with Crippen LogP contribution in [0, 0.1) is 11.3 Å². The van der Waals surface area contributed by atoms with Crippen molar-refractivity contribution in [3.05, 3.63) is 123 Å². The highest BCUT2D eigenvalue weighted by Gasteiger charge is 2.39. The van der Waals surface area contributed by atoms with Crippen molar-refractivity contribution < 1.29 is 18.0 Å². The van der Waals surface area contributed by atoms with Crippen molar-refractivity contribution in [2.45, 2.75) is 31.1 Å². The van der Waals surface area contributed by atoms with Crippen molar-refractivity contribution in [2.75, 3.05) is 29.1 Å². The lowest BCUT2D eigenvalue weighted by Crippen LogP contribution is -2.29. The van der Waals surface area contributed by atoms with Crippen molar-refractivity contribution in [1.29, 1.82) is 5.26 Å². The third-order valence-corrected chi connectivity index (χ3v) is 9.98. The van der Waals surface area contributed by atoms with Crippen LogP contribution in [0.1, 0.15) is 29.2 Å². The van der Waals surface area contributed by atoms with Crippen LogP contribution in [0.2, 0.25) is 0 Å². The van der Waals surface area contributed by atoms with Crippen LogP contribution in [-0.4, -0.2) is 29.6 Å². The van der Waals surface area contributed by atoms with Crippen LogP contribution >= 0.6 is 23.5 Å². The summed E-state index contributed by atoms with van der Waals surface area (Å²) in [4.78, 5) is 24.2. The molecule has 2 N–H and O–H groups in total. The molecule has 0 bridgehead atoms. The quantitative estimate of drug-likeness (QED) is 0.181. The van der Waals surface area contributed by atoms with Gasteiger partial charge in [-0.25, -0.2) is 4.99 Å². The average molecular weight is 671 g/mol. The molecule has 1 amide bonds. The first-order chi connectivity index (χ1) is 22.6. The lowest BCUT2D eigenvalue weighted by Gasteiger charge is -2.17.